The van der Waals surface area contributed by atoms with Crippen molar-refractivity contribution in [3.63, 3.8) is 0 Å². The van der Waals surface area contributed by atoms with Crippen molar-refractivity contribution in [2.24, 2.45) is 11.8 Å². The number of amides is 1. The maximum Gasteiger partial charge on any atom is 0.225 e. The van der Waals surface area contributed by atoms with E-state index in [0.29, 0.717) is 11.8 Å². The molecule has 1 unspecified atom stereocenters. The molecular formula is C19H28N2O2. The number of benzene rings is 1. The highest BCUT2D eigenvalue weighted by Crippen LogP contribution is 2.24. The minimum Gasteiger partial charge on any atom is -0.490 e. The van der Waals surface area contributed by atoms with Gasteiger partial charge in [0.05, 0.1) is 0 Å². The zero-order valence-corrected chi connectivity index (χ0v) is 14.5. The van der Waals surface area contributed by atoms with Crippen LogP contribution in [0.5, 0.6) is 5.75 Å². The maximum atomic E-state index is 12.5. The molecule has 0 saturated carbocycles. The van der Waals surface area contributed by atoms with E-state index in [9.17, 15) is 4.79 Å². The van der Waals surface area contributed by atoms with E-state index < -0.39 is 0 Å². The average molecular weight is 316 g/mol. The minimum absolute atomic E-state index is 0.147. The molecule has 0 aromatic heterocycles. The molecule has 2 aliphatic heterocycles. The van der Waals surface area contributed by atoms with Crippen LogP contribution in [-0.2, 0) is 4.79 Å². The van der Waals surface area contributed by atoms with Crippen molar-refractivity contribution < 1.29 is 9.53 Å². The first kappa shape index (κ1) is 16.3. The van der Waals surface area contributed by atoms with E-state index in [1.54, 1.807) is 0 Å². The number of nitrogens with one attached hydrogen (secondary N) is 1. The number of nitrogens with zero attached hydrogens (tertiary/aromatic N) is 1. The van der Waals surface area contributed by atoms with Gasteiger partial charge >= 0.3 is 0 Å². The molecule has 1 atom stereocenters. The predicted molar refractivity (Wildman–Crippen MR) is 91.7 cm³/mol. The number of carbonyl (C=O) groups excluding carboxylic acids is 1. The van der Waals surface area contributed by atoms with Gasteiger partial charge in [-0.3, -0.25) is 4.79 Å². The number of likely N-dealkylation sites (tertiary alicyclic amines) is 1. The Balaban J connectivity index is 1.49. The Labute approximate surface area is 139 Å². The summed E-state index contributed by atoms with van der Waals surface area (Å²) in [5.74, 6) is 1.94. The summed E-state index contributed by atoms with van der Waals surface area (Å²) < 4.78 is 6.11. The van der Waals surface area contributed by atoms with Crippen LogP contribution in [-0.4, -0.2) is 43.1 Å². The summed E-state index contributed by atoms with van der Waals surface area (Å²) in [6, 6.07) is 6.27. The van der Waals surface area contributed by atoms with Gasteiger partial charge in [-0.1, -0.05) is 13.0 Å². The van der Waals surface area contributed by atoms with E-state index >= 15 is 0 Å². The molecule has 2 saturated heterocycles. The lowest BCUT2D eigenvalue weighted by Crippen LogP contribution is -2.52. The summed E-state index contributed by atoms with van der Waals surface area (Å²) in [6.45, 7) is 9.91. The van der Waals surface area contributed by atoms with Crippen molar-refractivity contribution in [3.8, 4) is 5.75 Å². The Hall–Kier alpha value is -1.55. The van der Waals surface area contributed by atoms with E-state index in [0.717, 1.165) is 44.8 Å². The highest BCUT2D eigenvalue weighted by molar-refractivity contribution is 5.79. The lowest BCUT2D eigenvalue weighted by Gasteiger charge is -2.38. The highest BCUT2D eigenvalue weighted by atomic mass is 16.5. The highest BCUT2D eigenvalue weighted by Gasteiger charge is 2.33. The summed E-state index contributed by atoms with van der Waals surface area (Å²) >= 11 is 0. The molecule has 0 bridgehead atoms. The quantitative estimate of drug-likeness (QED) is 0.928. The minimum atomic E-state index is 0.147. The van der Waals surface area contributed by atoms with Crippen LogP contribution in [0.3, 0.4) is 0 Å². The fraction of sp³-hybridized carbons (Fsp3) is 0.632. The molecule has 2 heterocycles. The number of carbonyl (C=O) groups is 1. The maximum absolute atomic E-state index is 12.5. The SMILES string of the molecule is Cc1ccc(OC2CCN(C(=O)C(C)C3CNC3)CC2)cc1C. The lowest BCUT2D eigenvalue weighted by atomic mass is 9.87. The molecule has 23 heavy (non-hydrogen) atoms. The van der Waals surface area contributed by atoms with E-state index in [1.165, 1.54) is 11.1 Å². The molecule has 0 aliphatic carbocycles. The Bertz CT molecular complexity index is 560. The summed E-state index contributed by atoms with van der Waals surface area (Å²) in [4.78, 5) is 14.6. The van der Waals surface area contributed by atoms with Gasteiger partial charge in [-0.05, 0) is 56.1 Å². The van der Waals surface area contributed by atoms with Crippen molar-refractivity contribution in [2.75, 3.05) is 26.2 Å². The van der Waals surface area contributed by atoms with E-state index in [-0.39, 0.29) is 12.0 Å². The van der Waals surface area contributed by atoms with Gasteiger partial charge in [0, 0.05) is 31.8 Å². The smallest absolute Gasteiger partial charge is 0.225 e. The third kappa shape index (κ3) is 3.69. The van der Waals surface area contributed by atoms with E-state index in [4.69, 9.17) is 4.74 Å². The fourth-order valence-electron chi connectivity index (χ4n) is 3.33. The van der Waals surface area contributed by atoms with Crippen LogP contribution in [0.25, 0.3) is 0 Å². The predicted octanol–water partition coefficient (Wildman–Crippen LogP) is 2.53. The van der Waals surface area contributed by atoms with E-state index in [1.807, 2.05) is 11.0 Å². The van der Waals surface area contributed by atoms with Crippen molar-refractivity contribution in [1.29, 1.82) is 0 Å². The van der Waals surface area contributed by atoms with Gasteiger partial charge < -0.3 is 15.0 Å². The molecule has 4 nitrogen and oxygen atoms in total. The first-order chi connectivity index (χ1) is 11.0. The lowest BCUT2D eigenvalue weighted by molar-refractivity contribution is -0.139. The van der Waals surface area contributed by atoms with Crippen LogP contribution in [0.4, 0.5) is 0 Å². The summed E-state index contributed by atoms with van der Waals surface area (Å²) in [5.41, 5.74) is 2.55. The number of aryl methyl sites for hydroxylation is 2. The van der Waals surface area contributed by atoms with Crippen LogP contribution in [0, 0.1) is 25.7 Å². The zero-order chi connectivity index (χ0) is 16.4. The second-order valence-corrected chi connectivity index (χ2v) is 7.10. The van der Waals surface area contributed by atoms with Crippen LogP contribution in [0.2, 0.25) is 0 Å². The normalized spacial score (nSPS) is 20.9. The second kappa shape index (κ2) is 6.91. The Kier molecular flexibility index (Phi) is 4.90. The number of rotatable bonds is 4. The molecule has 1 aromatic carbocycles. The Morgan fingerprint density at radius 3 is 2.48 bits per heavy atom. The van der Waals surface area contributed by atoms with Crippen molar-refractivity contribution in [3.05, 3.63) is 29.3 Å². The molecule has 0 radical (unpaired) electrons. The number of hydrogen-bond donors (Lipinski definition) is 1. The fourth-order valence-corrected chi connectivity index (χ4v) is 3.33. The van der Waals surface area contributed by atoms with Crippen molar-refractivity contribution >= 4 is 5.91 Å². The third-order valence-electron chi connectivity index (χ3n) is 5.44. The summed E-state index contributed by atoms with van der Waals surface area (Å²) in [5, 5.41) is 3.25. The molecule has 0 spiro atoms. The molecule has 1 N–H and O–H groups in total. The number of ether oxygens (including phenoxy) is 1. The van der Waals surface area contributed by atoms with Crippen molar-refractivity contribution in [2.45, 2.75) is 39.7 Å². The van der Waals surface area contributed by atoms with Gasteiger partial charge in [-0.25, -0.2) is 0 Å². The Morgan fingerprint density at radius 1 is 1.22 bits per heavy atom. The number of hydrogen-bond acceptors (Lipinski definition) is 3. The first-order valence-corrected chi connectivity index (χ1v) is 8.78. The van der Waals surface area contributed by atoms with Crippen molar-refractivity contribution in [1.82, 2.24) is 10.2 Å². The molecule has 126 valence electrons. The second-order valence-electron chi connectivity index (χ2n) is 7.10. The summed E-state index contributed by atoms with van der Waals surface area (Å²) in [7, 11) is 0. The van der Waals surface area contributed by atoms with Gasteiger partial charge in [-0.15, -0.1) is 0 Å². The monoisotopic (exact) mass is 316 g/mol. The average Bonchev–Trinajstić information content (AvgIpc) is 2.49. The summed E-state index contributed by atoms with van der Waals surface area (Å²) in [6.07, 6.45) is 2.07. The molecule has 3 rings (SSSR count). The molecule has 2 fully saturated rings. The third-order valence-corrected chi connectivity index (χ3v) is 5.44. The largest absolute Gasteiger partial charge is 0.490 e. The first-order valence-electron chi connectivity index (χ1n) is 8.78. The molecule has 4 heteroatoms. The van der Waals surface area contributed by atoms with E-state index in [2.05, 4.69) is 38.2 Å². The number of piperidine rings is 1. The molecular weight excluding hydrogens is 288 g/mol. The van der Waals surface area contributed by atoms with Gasteiger partial charge in [0.15, 0.2) is 0 Å². The molecule has 2 aliphatic rings. The topological polar surface area (TPSA) is 41.6 Å². The van der Waals surface area contributed by atoms with Gasteiger partial charge in [-0.2, -0.15) is 0 Å². The van der Waals surface area contributed by atoms with Crippen LogP contribution in [0.15, 0.2) is 18.2 Å². The van der Waals surface area contributed by atoms with Gasteiger partial charge in [0.1, 0.15) is 11.9 Å². The Morgan fingerprint density at radius 2 is 1.91 bits per heavy atom. The molecule has 1 amide bonds. The van der Waals surface area contributed by atoms with Crippen LogP contribution < -0.4 is 10.1 Å². The standard InChI is InChI=1S/C19H28N2O2/c1-13-4-5-18(10-14(13)2)23-17-6-8-21(9-7-17)19(22)15(3)16-11-20-12-16/h4-5,10,15-17,20H,6-9,11-12H2,1-3H3. The van der Waals surface area contributed by atoms with Gasteiger partial charge in [0.2, 0.25) is 5.91 Å². The van der Waals surface area contributed by atoms with Gasteiger partial charge in [0.25, 0.3) is 0 Å². The van der Waals surface area contributed by atoms with Crippen LogP contribution >= 0.6 is 0 Å². The zero-order valence-electron chi connectivity index (χ0n) is 14.5. The van der Waals surface area contributed by atoms with Crippen LogP contribution in [0.1, 0.15) is 30.9 Å². The molecule has 1 aromatic rings.